The summed E-state index contributed by atoms with van der Waals surface area (Å²) in [5.74, 6) is -1.09. The first-order chi connectivity index (χ1) is 13.0. The van der Waals surface area contributed by atoms with E-state index in [0.717, 1.165) is 0 Å². The molecule has 1 aromatic rings. The minimum Gasteiger partial charge on any atom is -0.456 e. The molecular formula is C20H26O7S. The van der Waals surface area contributed by atoms with Crippen LogP contribution in [-0.4, -0.2) is 43.2 Å². The van der Waals surface area contributed by atoms with Gasteiger partial charge in [0, 0.05) is 0 Å². The van der Waals surface area contributed by atoms with Crippen LogP contribution in [0.1, 0.15) is 46.5 Å². The summed E-state index contributed by atoms with van der Waals surface area (Å²) in [4.78, 5) is 34.5. The van der Waals surface area contributed by atoms with Crippen LogP contribution < -0.4 is 0 Å². The van der Waals surface area contributed by atoms with Crippen LogP contribution in [0.2, 0.25) is 0 Å². The molecule has 1 aliphatic heterocycles. The Labute approximate surface area is 165 Å². The minimum atomic E-state index is -3.54. The molecule has 1 aromatic carbocycles. The molecule has 0 radical (unpaired) electrons. The van der Waals surface area contributed by atoms with Crippen LogP contribution in [-0.2, 0) is 33.9 Å². The average molecular weight is 410 g/mol. The molecule has 8 heteroatoms. The van der Waals surface area contributed by atoms with Gasteiger partial charge in [-0.25, -0.2) is 18.2 Å². The number of carbonyl (C=O) groups excluding carboxylic acids is 2. The number of Topliss-reactive ketones (excluding diaryl/α,β-unsaturated/α-hetero) is 1. The van der Waals surface area contributed by atoms with E-state index in [0.29, 0.717) is 19.3 Å². The highest BCUT2D eigenvalue weighted by Crippen LogP contribution is 2.47. The molecule has 1 saturated heterocycles. The molecule has 3 unspecified atom stereocenters. The Morgan fingerprint density at radius 2 is 1.89 bits per heavy atom. The Bertz CT molecular complexity index is 851. The average Bonchev–Trinajstić information content (AvgIpc) is 2.60. The summed E-state index contributed by atoms with van der Waals surface area (Å²) in [5, 5.41) is 0. The van der Waals surface area contributed by atoms with Gasteiger partial charge in [0.25, 0.3) is 0 Å². The van der Waals surface area contributed by atoms with E-state index >= 15 is 0 Å². The van der Waals surface area contributed by atoms with E-state index in [1.165, 1.54) is 6.92 Å². The fourth-order valence-electron chi connectivity index (χ4n) is 4.03. The normalized spacial score (nSPS) is 32.5. The van der Waals surface area contributed by atoms with Crippen LogP contribution >= 0.6 is 0 Å². The molecule has 1 aliphatic carbocycles. The molecule has 28 heavy (non-hydrogen) atoms. The number of hydrogen-bond donors (Lipinski definition) is 0. The van der Waals surface area contributed by atoms with Crippen molar-refractivity contribution in [2.45, 2.75) is 68.7 Å². The molecule has 3 rings (SSSR count). The van der Waals surface area contributed by atoms with Crippen molar-refractivity contribution < 1.29 is 32.5 Å². The van der Waals surface area contributed by atoms with E-state index in [1.54, 1.807) is 44.2 Å². The standard InChI is InChI=1S/C20H26O7S/c1-14(21)11-18(22)25-19(2)10-9-15-12-17(19)26-27-20(15,3)13-28(23,24)16-7-5-4-6-8-16/h4-8,15,17H,9-13H2,1-3H3/t15?,17?,19?,20-/m1/s1. The van der Waals surface area contributed by atoms with Gasteiger partial charge in [0.1, 0.15) is 29.5 Å². The number of hydrogen-bond acceptors (Lipinski definition) is 7. The summed E-state index contributed by atoms with van der Waals surface area (Å²) in [6.45, 7) is 4.84. The number of carbonyl (C=O) groups is 2. The second-order valence-corrected chi connectivity index (χ2v) is 10.2. The third-order valence-corrected chi connectivity index (χ3v) is 7.65. The van der Waals surface area contributed by atoms with E-state index in [9.17, 15) is 18.0 Å². The van der Waals surface area contributed by atoms with E-state index in [1.807, 2.05) is 0 Å². The SMILES string of the molecule is CC(=O)CC(=O)OC1(C)CCC2CC1OO[C@]2(C)CS(=O)(=O)c1ccccc1. The van der Waals surface area contributed by atoms with Crippen LogP contribution in [0, 0.1) is 5.92 Å². The maximum absolute atomic E-state index is 12.8. The number of fused-ring (bicyclic) bond motifs is 2. The topological polar surface area (TPSA) is 96.0 Å². The highest BCUT2D eigenvalue weighted by molar-refractivity contribution is 7.91. The maximum atomic E-state index is 12.8. The maximum Gasteiger partial charge on any atom is 0.313 e. The zero-order valence-electron chi connectivity index (χ0n) is 16.3. The summed E-state index contributed by atoms with van der Waals surface area (Å²) in [7, 11) is -3.54. The fourth-order valence-corrected chi connectivity index (χ4v) is 5.80. The highest BCUT2D eigenvalue weighted by Gasteiger charge is 2.55. The number of rotatable bonds is 6. The monoisotopic (exact) mass is 410 g/mol. The minimum absolute atomic E-state index is 0.0516. The molecule has 1 heterocycles. The number of ether oxygens (including phenoxy) is 1. The molecule has 0 amide bonds. The molecule has 0 aromatic heterocycles. The van der Waals surface area contributed by atoms with Crippen LogP contribution in [0.15, 0.2) is 35.2 Å². The van der Waals surface area contributed by atoms with Crippen molar-refractivity contribution in [1.29, 1.82) is 0 Å². The Hall–Kier alpha value is -1.77. The third-order valence-electron chi connectivity index (χ3n) is 5.71. The Balaban J connectivity index is 1.71. The molecule has 154 valence electrons. The fraction of sp³-hybridized carbons (Fsp3) is 0.600. The molecule has 0 N–H and O–H groups in total. The lowest BCUT2D eigenvalue weighted by atomic mass is 9.71. The molecular weight excluding hydrogens is 384 g/mol. The van der Waals surface area contributed by atoms with Crippen LogP contribution in [0.5, 0.6) is 0 Å². The largest absolute Gasteiger partial charge is 0.456 e. The quantitative estimate of drug-likeness (QED) is 0.404. The number of benzene rings is 1. The van der Waals surface area contributed by atoms with Gasteiger partial charge in [-0.05, 0) is 58.1 Å². The van der Waals surface area contributed by atoms with E-state index in [-0.39, 0.29) is 28.8 Å². The van der Waals surface area contributed by atoms with Crippen molar-refractivity contribution in [3.63, 3.8) is 0 Å². The summed E-state index contributed by atoms with van der Waals surface area (Å²) in [6.07, 6.45) is 0.875. The first-order valence-electron chi connectivity index (χ1n) is 9.38. The predicted molar refractivity (Wildman–Crippen MR) is 100.0 cm³/mol. The number of sulfone groups is 1. The van der Waals surface area contributed by atoms with E-state index in [2.05, 4.69) is 0 Å². The molecule has 2 bridgehead atoms. The Morgan fingerprint density at radius 3 is 2.54 bits per heavy atom. The zero-order chi connectivity index (χ0) is 20.6. The molecule has 2 aliphatic rings. The first kappa shape index (κ1) is 21.0. The lowest BCUT2D eigenvalue weighted by Gasteiger charge is -2.51. The highest BCUT2D eigenvalue weighted by atomic mass is 32.2. The summed E-state index contributed by atoms with van der Waals surface area (Å²) in [6, 6.07) is 8.27. The van der Waals surface area contributed by atoms with Gasteiger partial charge in [-0.2, -0.15) is 0 Å². The smallest absolute Gasteiger partial charge is 0.313 e. The van der Waals surface area contributed by atoms with Crippen molar-refractivity contribution in [3.8, 4) is 0 Å². The van der Waals surface area contributed by atoms with Gasteiger partial charge in [-0.1, -0.05) is 18.2 Å². The Morgan fingerprint density at radius 1 is 1.21 bits per heavy atom. The van der Waals surface area contributed by atoms with Gasteiger partial charge >= 0.3 is 5.97 Å². The second kappa shape index (κ2) is 7.57. The van der Waals surface area contributed by atoms with E-state index < -0.39 is 33.1 Å². The lowest BCUT2D eigenvalue weighted by molar-refractivity contribution is -0.441. The number of ketones is 1. The van der Waals surface area contributed by atoms with Gasteiger partial charge in [0.15, 0.2) is 9.84 Å². The van der Waals surface area contributed by atoms with Gasteiger partial charge in [0.05, 0.1) is 10.6 Å². The zero-order valence-corrected chi connectivity index (χ0v) is 17.2. The van der Waals surface area contributed by atoms with E-state index in [4.69, 9.17) is 14.5 Å². The van der Waals surface area contributed by atoms with Crippen molar-refractivity contribution in [3.05, 3.63) is 30.3 Å². The molecule has 0 spiro atoms. The van der Waals surface area contributed by atoms with Gasteiger partial charge in [-0.15, -0.1) is 0 Å². The van der Waals surface area contributed by atoms with Crippen LogP contribution in [0.4, 0.5) is 0 Å². The van der Waals surface area contributed by atoms with Crippen molar-refractivity contribution in [1.82, 2.24) is 0 Å². The van der Waals surface area contributed by atoms with Crippen molar-refractivity contribution in [2.24, 2.45) is 5.92 Å². The summed E-state index contributed by atoms with van der Waals surface area (Å²) in [5.41, 5.74) is -1.89. The Kier molecular flexibility index (Phi) is 5.67. The van der Waals surface area contributed by atoms with Crippen LogP contribution in [0.3, 0.4) is 0 Å². The second-order valence-electron chi connectivity index (χ2n) is 8.19. The van der Waals surface area contributed by atoms with Crippen molar-refractivity contribution >= 4 is 21.6 Å². The van der Waals surface area contributed by atoms with Gasteiger partial charge in [0.2, 0.25) is 0 Å². The third kappa shape index (κ3) is 4.29. The molecule has 4 atom stereocenters. The predicted octanol–water partition coefficient (Wildman–Crippen LogP) is 2.63. The van der Waals surface area contributed by atoms with Crippen LogP contribution in [0.25, 0.3) is 0 Å². The summed E-state index contributed by atoms with van der Waals surface area (Å²) >= 11 is 0. The van der Waals surface area contributed by atoms with Gasteiger partial charge in [-0.3, -0.25) is 9.59 Å². The molecule has 7 nitrogen and oxygen atoms in total. The number of esters is 1. The molecule has 2 fully saturated rings. The van der Waals surface area contributed by atoms with Crippen molar-refractivity contribution in [2.75, 3.05) is 5.75 Å². The summed E-state index contributed by atoms with van der Waals surface area (Å²) < 4.78 is 31.1. The first-order valence-corrected chi connectivity index (χ1v) is 11.0. The van der Waals surface area contributed by atoms with Gasteiger partial charge < -0.3 is 4.74 Å². The molecule has 1 saturated carbocycles. The lowest BCUT2D eigenvalue weighted by Crippen LogP contribution is -2.59.